The zero-order chi connectivity index (χ0) is 20.4. The lowest BCUT2D eigenvalue weighted by molar-refractivity contribution is -0.128. The van der Waals surface area contributed by atoms with Crippen molar-refractivity contribution in [3.8, 4) is 0 Å². The van der Waals surface area contributed by atoms with Crippen LogP contribution in [0, 0.1) is 34.5 Å². The Labute approximate surface area is 175 Å². The molecular weight excluding hydrogens is 358 g/mol. The predicted molar refractivity (Wildman–Crippen MR) is 114 cm³/mol. The van der Waals surface area contributed by atoms with Gasteiger partial charge >= 0.3 is 0 Å². The number of ketones is 1. The fourth-order valence-corrected chi connectivity index (χ4v) is 8.32. The van der Waals surface area contributed by atoms with Crippen molar-refractivity contribution >= 4 is 5.78 Å². The number of pyridine rings is 1. The lowest BCUT2D eigenvalue weighted by Crippen LogP contribution is -2.51. The van der Waals surface area contributed by atoms with E-state index in [9.17, 15) is 9.90 Å². The molecular formula is C26H35NO2. The van der Waals surface area contributed by atoms with Gasteiger partial charge in [-0.1, -0.05) is 31.6 Å². The van der Waals surface area contributed by atoms with Crippen molar-refractivity contribution in [3.05, 3.63) is 41.7 Å². The van der Waals surface area contributed by atoms with Crippen LogP contribution in [0.3, 0.4) is 0 Å². The Kier molecular flexibility index (Phi) is 4.55. The van der Waals surface area contributed by atoms with Crippen molar-refractivity contribution in [3.63, 3.8) is 0 Å². The molecule has 8 atom stereocenters. The second-order valence-electron chi connectivity index (χ2n) is 10.9. The summed E-state index contributed by atoms with van der Waals surface area (Å²) in [6.07, 6.45) is 11.7. The molecule has 3 fully saturated rings. The Morgan fingerprint density at radius 1 is 1.17 bits per heavy atom. The zero-order valence-corrected chi connectivity index (χ0v) is 18.1. The number of hydrogen-bond donors (Lipinski definition) is 1. The molecule has 0 amide bonds. The van der Waals surface area contributed by atoms with Crippen LogP contribution in [-0.2, 0) is 4.79 Å². The zero-order valence-electron chi connectivity index (χ0n) is 18.1. The number of hydrogen-bond acceptors (Lipinski definition) is 3. The molecule has 3 saturated carbocycles. The van der Waals surface area contributed by atoms with Crippen LogP contribution in [0.2, 0.25) is 0 Å². The van der Waals surface area contributed by atoms with Crippen LogP contribution < -0.4 is 0 Å². The molecule has 3 heteroatoms. The minimum absolute atomic E-state index is 0.0884. The molecule has 4 aliphatic rings. The number of Topliss-reactive ketones (excluding diaryl/α,β-unsaturated/α-hetero) is 1. The molecule has 0 unspecified atom stereocenters. The molecule has 0 aromatic carbocycles. The summed E-state index contributed by atoms with van der Waals surface area (Å²) in [4.78, 5) is 17.6. The molecule has 0 saturated heterocycles. The van der Waals surface area contributed by atoms with E-state index in [-0.39, 0.29) is 28.8 Å². The van der Waals surface area contributed by atoms with Crippen molar-refractivity contribution in [2.75, 3.05) is 0 Å². The normalized spacial score (nSPS) is 46.3. The van der Waals surface area contributed by atoms with Crippen LogP contribution in [0.4, 0.5) is 0 Å². The summed E-state index contributed by atoms with van der Waals surface area (Å²) in [7, 11) is 0. The summed E-state index contributed by atoms with van der Waals surface area (Å²) in [6.45, 7) is 6.69. The fourth-order valence-electron chi connectivity index (χ4n) is 8.32. The summed E-state index contributed by atoms with van der Waals surface area (Å²) in [5.41, 5.74) is 2.96. The first kappa shape index (κ1) is 19.5. The molecule has 0 bridgehead atoms. The minimum Gasteiger partial charge on any atom is -0.393 e. The van der Waals surface area contributed by atoms with E-state index in [2.05, 4.69) is 37.0 Å². The van der Waals surface area contributed by atoms with Gasteiger partial charge in [0.1, 0.15) is 5.78 Å². The van der Waals surface area contributed by atoms with Gasteiger partial charge in [0.15, 0.2) is 0 Å². The third-order valence-corrected chi connectivity index (χ3v) is 9.64. The van der Waals surface area contributed by atoms with Gasteiger partial charge in [-0.05, 0) is 92.6 Å². The molecule has 1 N–H and O–H groups in total. The first-order valence-electron chi connectivity index (χ1n) is 11.6. The number of aliphatic hydroxyl groups is 1. The van der Waals surface area contributed by atoms with Crippen LogP contribution in [0.5, 0.6) is 0 Å². The number of carbonyl (C=O) groups excluding carboxylic acids is 1. The van der Waals surface area contributed by atoms with Crippen molar-refractivity contribution in [1.29, 1.82) is 0 Å². The predicted octanol–water partition coefficient (Wildman–Crippen LogP) is 5.30. The van der Waals surface area contributed by atoms with E-state index in [0.29, 0.717) is 23.5 Å². The summed E-state index contributed by atoms with van der Waals surface area (Å²) in [5.74, 6) is 2.65. The van der Waals surface area contributed by atoms with E-state index in [1.165, 1.54) is 12.0 Å². The fraction of sp³-hybridized carbons (Fsp3) is 0.692. The van der Waals surface area contributed by atoms with Crippen LogP contribution in [0.25, 0.3) is 0 Å². The Balaban J connectivity index is 1.52. The van der Waals surface area contributed by atoms with Gasteiger partial charge in [-0.2, -0.15) is 0 Å². The van der Waals surface area contributed by atoms with Crippen LogP contribution in [0.1, 0.15) is 77.3 Å². The highest BCUT2D eigenvalue weighted by Crippen LogP contribution is 2.68. The minimum atomic E-state index is -0.151. The second kappa shape index (κ2) is 6.77. The summed E-state index contributed by atoms with van der Waals surface area (Å²) < 4.78 is 0. The van der Waals surface area contributed by atoms with Gasteiger partial charge in [0.05, 0.1) is 6.10 Å². The Morgan fingerprint density at radius 2 is 2.00 bits per heavy atom. The van der Waals surface area contributed by atoms with Gasteiger partial charge in [0, 0.05) is 23.7 Å². The number of rotatable bonds is 2. The van der Waals surface area contributed by atoms with Crippen LogP contribution >= 0.6 is 0 Å². The highest BCUT2D eigenvalue weighted by molar-refractivity contribution is 5.81. The van der Waals surface area contributed by atoms with Gasteiger partial charge in [-0.15, -0.1) is 0 Å². The smallest absolute Gasteiger partial charge is 0.134 e. The van der Waals surface area contributed by atoms with E-state index >= 15 is 0 Å². The standard InChI is InChI=1S/C26H35NO2/c1-16(28)24-20(23-6-4-5-13-27-23)15-22-19-8-7-17-14-18(29)9-11-25(17,2)21(19)10-12-26(22,24)3/h4-7,13,18-22,24,29H,8-12,14-15H2,1-3H3/t18-,19+,20-,21-,22-,24-,25-,26-/m0/s1. The van der Waals surface area contributed by atoms with Crippen molar-refractivity contribution in [1.82, 2.24) is 4.98 Å². The van der Waals surface area contributed by atoms with Crippen molar-refractivity contribution in [2.45, 2.75) is 77.7 Å². The lowest BCUT2D eigenvalue weighted by atomic mass is 9.47. The Morgan fingerprint density at radius 3 is 2.72 bits per heavy atom. The van der Waals surface area contributed by atoms with E-state index in [4.69, 9.17) is 0 Å². The highest BCUT2D eigenvalue weighted by Gasteiger charge is 2.62. The third-order valence-electron chi connectivity index (χ3n) is 9.64. The molecule has 0 aliphatic heterocycles. The molecule has 1 aromatic heterocycles. The van der Waals surface area contributed by atoms with E-state index in [1.54, 1.807) is 0 Å². The quantitative estimate of drug-likeness (QED) is 0.693. The number of allylic oxidation sites excluding steroid dienone is 1. The number of aromatic nitrogens is 1. The van der Waals surface area contributed by atoms with Gasteiger partial charge in [-0.3, -0.25) is 9.78 Å². The molecule has 4 aliphatic carbocycles. The molecule has 0 spiro atoms. The maximum Gasteiger partial charge on any atom is 0.134 e. The number of nitrogens with zero attached hydrogens (tertiary/aromatic N) is 1. The third kappa shape index (κ3) is 2.80. The topological polar surface area (TPSA) is 50.2 Å². The van der Waals surface area contributed by atoms with E-state index < -0.39 is 0 Å². The van der Waals surface area contributed by atoms with Gasteiger partial charge in [0.2, 0.25) is 0 Å². The van der Waals surface area contributed by atoms with Crippen LogP contribution in [0.15, 0.2) is 36.0 Å². The van der Waals surface area contributed by atoms with E-state index in [0.717, 1.165) is 44.2 Å². The maximum absolute atomic E-state index is 12.9. The molecule has 1 heterocycles. The average Bonchev–Trinajstić information content (AvgIpc) is 3.02. The van der Waals surface area contributed by atoms with Gasteiger partial charge in [0.25, 0.3) is 0 Å². The van der Waals surface area contributed by atoms with E-state index in [1.807, 2.05) is 19.2 Å². The maximum atomic E-state index is 12.9. The number of carbonyl (C=O) groups is 1. The number of aliphatic hydroxyl groups excluding tert-OH is 1. The largest absolute Gasteiger partial charge is 0.393 e. The van der Waals surface area contributed by atoms with Gasteiger partial charge in [-0.25, -0.2) is 0 Å². The van der Waals surface area contributed by atoms with Crippen molar-refractivity contribution < 1.29 is 9.90 Å². The van der Waals surface area contributed by atoms with Crippen LogP contribution in [-0.4, -0.2) is 22.0 Å². The monoisotopic (exact) mass is 393 g/mol. The average molecular weight is 394 g/mol. The highest BCUT2D eigenvalue weighted by atomic mass is 16.3. The molecule has 0 radical (unpaired) electrons. The second-order valence-corrected chi connectivity index (χ2v) is 10.9. The summed E-state index contributed by atoms with van der Waals surface area (Å²) in [5, 5.41) is 10.2. The first-order chi connectivity index (χ1) is 13.8. The SMILES string of the molecule is CC(=O)[C@H]1[C@H](c2ccccn2)C[C@H]2[C@@H]3CC=C4C[C@@H](O)CC[C@]4(C)[C@H]3CC[C@@]21C. The Bertz CT molecular complexity index is 832. The molecule has 29 heavy (non-hydrogen) atoms. The summed E-state index contributed by atoms with van der Waals surface area (Å²) >= 11 is 0. The lowest BCUT2D eigenvalue weighted by Gasteiger charge is -2.57. The number of fused-ring (bicyclic) bond motifs is 5. The summed E-state index contributed by atoms with van der Waals surface area (Å²) in [6, 6.07) is 6.16. The molecule has 156 valence electrons. The molecule has 5 rings (SSSR count). The molecule has 1 aromatic rings. The molecule has 3 nitrogen and oxygen atoms in total. The Hall–Kier alpha value is -1.48. The van der Waals surface area contributed by atoms with Crippen molar-refractivity contribution in [2.24, 2.45) is 34.5 Å². The van der Waals surface area contributed by atoms with Gasteiger partial charge < -0.3 is 5.11 Å². The first-order valence-corrected chi connectivity index (χ1v) is 11.6.